The molecule has 0 unspecified atom stereocenters. The van der Waals surface area contributed by atoms with E-state index in [9.17, 15) is 13.4 Å². The van der Waals surface area contributed by atoms with E-state index in [0.717, 1.165) is 6.42 Å². The highest BCUT2D eigenvalue weighted by molar-refractivity contribution is 6.62. The van der Waals surface area contributed by atoms with Gasteiger partial charge in [-0.15, -0.1) is 0 Å². The van der Waals surface area contributed by atoms with Crippen molar-refractivity contribution in [2.75, 3.05) is 6.61 Å². The van der Waals surface area contributed by atoms with E-state index in [2.05, 4.69) is 9.97 Å². The summed E-state index contributed by atoms with van der Waals surface area (Å²) in [5.74, 6) is -0.635. The molecule has 0 bridgehead atoms. The molecule has 0 amide bonds. The van der Waals surface area contributed by atoms with Crippen LogP contribution < -0.4 is 5.46 Å². The molecule has 0 aliphatic heterocycles. The van der Waals surface area contributed by atoms with Gasteiger partial charge in [-0.3, -0.25) is 13.6 Å². The number of aromatic nitrogens is 2. The minimum atomic E-state index is -2.81. The first-order valence-corrected chi connectivity index (χ1v) is 10.1. The molecule has 154 valence electrons. The zero-order valence-corrected chi connectivity index (χ0v) is 17.1. The Morgan fingerprint density at radius 1 is 1.03 bits per heavy atom. The molecule has 7 heteroatoms. The maximum atomic E-state index is 14.3. The maximum absolute atomic E-state index is 14.3. The average Bonchev–Trinajstić information content (AvgIpc) is 2.77. The van der Waals surface area contributed by atoms with Gasteiger partial charge in [-0.1, -0.05) is 49.7 Å². The number of ether oxygens (including phenoxy) is 1. The molecule has 2 aromatic heterocycles. The Morgan fingerprint density at radius 3 is 2.37 bits per heavy atom. The Hall–Kier alpha value is -3.09. The van der Waals surface area contributed by atoms with Gasteiger partial charge >= 0.3 is 13.2 Å². The average molecular weight is 408 g/mol. The molecule has 3 aromatic rings. The van der Waals surface area contributed by atoms with Crippen LogP contribution in [0.1, 0.15) is 42.6 Å². The van der Waals surface area contributed by atoms with Crippen molar-refractivity contribution >= 4 is 18.7 Å². The Kier molecular flexibility index (Phi) is 7.28. The second-order valence-electron chi connectivity index (χ2n) is 6.78. The van der Waals surface area contributed by atoms with Crippen LogP contribution in [-0.4, -0.2) is 29.8 Å². The fourth-order valence-corrected chi connectivity index (χ4v) is 3.42. The fraction of sp³-hybridized carbons (Fsp3) is 0.261. The first kappa shape index (κ1) is 21.6. The van der Waals surface area contributed by atoms with Gasteiger partial charge in [0, 0.05) is 17.2 Å². The first-order chi connectivity index (χ1) is 14.6. The molecular weight excluding hydrogens is 385 g/mol. The second-order valence-corrected chi connectivity index (χ2v) is 6.78. The lowest BCUT2D eigenvalue weighted by atomic mass is 9.75. The van der Waals surface area contributed by atoms with Crippen LogP contribution in [0.3, 0.4) is 0 Å². The van der Waals surface area contributed by atoms with Crippen LogP contribution >= 0.6 is 0 Å². The van der Waals surface area contributed by atoms with E-state index >= 15 is 0 Å². The number of unbranched alkanes of at least 4 members (excludes halogenated alkanes) is 1. The monoisotopic (exact) mass is 408 g/mol. The largest absolute Gasteiger partial charge is 0.574 e. The Balaban J connectivity index is 2.41. The third-order valence-electron chi connectivity index (χ3n) is 4.78. The lowest BCUT2D eigenvalue weighted by Gasteiger charge is -2.20. The predicted molar refractivity (Wildman–Crippen MR) is 115 cm³/mol. The molecule has 3 rings (SSSR count). The quantitative estimate of drug-likeness (QED) is 0.390. The van der Waals surface area contributed by atoms with Gasteiger partial charge in [0.2, 0.25) is 0 Å². The summed E-state index contributed by atoms with van der Waals surface area (Å²) in [6.45, 7) is 3.81. The van der Waals surface area contributed by atoms with Crippen molar-refractivity contribution in [2.45, 2.75) is 33.1 Å². The summed E-state index contributed by atoms with van der Waals surface area (Å²) >= 11 is 0. The molecule has 0 radical (unpaired) electrons. The van der Waals surface area contributed by atoms with Gasteiger partial charge in [0.1, 0.15) is 0 Å². The molecule has 0 fully saturated rings. The Labute approximate surface area is 175 Å². The number of carbonyl (C=O) groups excluding carboxylic acids is 1. The number of nitrogens with zero attached hydrogens (tertiary/aromatic N) is 2. The van der Waals surface area contributed by atoms with Crippen LogP contribution in [0.25, 0.3) is 22.6 Å². The van der Waals surface area contributed by atoms with Gasteiger partial charge in [0.05, 0.1) is 29.3 Å². The molecule has 0 atom stereocenters. The number of carbonyl (C=O) groups is 1. The van der Waals surface area contributed by atoms with Crippen molar-refractivity contribution in [2.24, 2.45) is 0 Å². The highest BCUT2D eigenvalue weighted by Crippen LogP contribution is 2.30. The zero-order chi connectivity index (χ0) is 21.5. The van der Waals surface area contributed by atoms with Crippen molar-refractivity contribution < 1.29 is 18.2 Å². The standard InChI is InChI=1S/C23H23BF2N2O2/c1-3-5-13-17-19(23(29)30-4-2)21(16-11-7-6-8-12-16)28-22(20(17)24(25)26)18-14-9-10-15-27-18/h6-12,14-15H,3-5,13H2,1-2H3. The summed E-state index contributed by atoms with van der Waals surface area (Å²) in [7, 11) is -2.81. The number of hydrogen-bond acceptors (Lipinski definition) is 4. The van der Waals surface area contributed by atoms with E-state index in [1.165, 1.54) is 0 Å². The minimum Gasteiger partial charge on any atom is -0.462 e. The van der Waals surface area contributed by atoms with Crippen molar-refractivity contribution in [1.82, 2.24) is 9.97 Å². The molecular formula is C23H23BF2N2O2. The molecule has 0 aliphatic rings. The van der Waals surface area contributed by atoms with E-state index in [4.69, 9.17) is 4.74 Å². The van der Waals surface area contributed by atoms with E-state index in [-0.39, 0.29) is 23.3 Å². The van der Waals surface area contributed by atoms with Crippen LogP contribution in [0.2, 0.25) is 0 Å². The summed E-state index contributed by atoms with van der Waals surface area (Å²) < 4.78 is 33.9. The highest BCUT2D eigenvalue weighted by Gasteiger charge is 2.33. The number of esters is 1. The van der Waals surface area contributed by atoms with Crippen LogP contribution in [0, 0.1) is 0 Å². The molecule has 30 heavy (non-hydrogen) atoms. The van der Waals surface area contributed by atoms with Gasteiger partial charge < -0.3 is 4.74 Å². The first-order valence-electron chi connectivity index (χ1n) is 10.1. The summed E-state index contributed by atoms with van der Waals surface area (Å²) in [6, 6.07) is 14.2. The molecule has 0 saturated heterocycles. The van der Waals surface area contributed by atoms with E-state index in [1.54, 1.807) is 43.5 Å². The smallest absolute Gasteiger partial charge is 0.462 e. The maximum Gasteiger partial charge on any atom is 0.574 e. The van der Waals surface area contributed by atoms with Gasteiger partial charge in [0.25, 0.3) is 0 Å². The summed E-state index contributed by atoms with van der Waals surface area (Å²) in [6.07, 6.45) is 3.32. The van der Waals surface area contributed by atoms with Gasteiger partial charge in [-0.25, -0.2) is 9.78 Å². The van der Waals surface area contributed by atoms with Crippen molar-refractivity contribution in [3.63, 3.8) is 0 Å². The predicted octanol–water partition coefficient (Wildman–Crippen LogP) is 4.96. The molecule has 0 spiro atoms. The van der Waals surface area contributed by atoms with Crippen molar-refractivity contribution in [1.29, 1.82) is 0 Å². The number of rotatable bonds is 8. The van der Waals surface area contributed by atoms with Crippen molar-refractivity contribution in [3.05, 3.63) is 65.9 Å². The van der Waals surface area contributed by atoms with E-state index in [0.29, 0.717) is 35.4 Å². The van der Waals surface area contributed by atoms with Crippen molar-refractivity contribution in [3.8, 4) is 22.6 Å². The molecule has 0 N–H and O–H groups in total. The van der Waals surface area contributed by atoms with Gasteiger partial charge in [0.15, 0.2) is 0 Å². The molecule has 2 heterocycles. The summed E-state index contributed by atoms with van der Waals surface area (Å²) in [5.41, 5.74) is 1.61. The number of hydrogen-bond donors (Lipinski definition) is 0. The van der Waals surface area contributed by atoms with Crippen LogP contribution in [0.15, 0.2) is 54.7 Å². The lowest BCUT2D eigenvalue weighted by molar-refractivity contribution is 0.0525. The number of benzene rings is 1. The molecule has 4 nitrogen and oxygen atoms in total. The van der Waals surface area contributed by atoms with Crippen LogP contribution in [0.4, 0.5) is 8.63 Å². The highest BCUT2D eigenvalue weighted by atomic mass is 19.2. The van der Waals surface area contributed by atoms with E-state index in [1.807, 2.05) is 25.1 Å². The van der Waals surface area contributed by atoms with Gasteiger partial charge in [-0.2, -0.15) is 0 Å². The third-order valence-corrected chi connectivity index (χ3v) is 4.78. The lowest BCUT2D eigenvalue weighted by Crippen LogP contribution is -2.32. The molecule has 1 aromatic carbocycles. The van der Waals surface area contributed by atoms with Gasteiger partial charge in [-0.05, 0) is 37.5 Å². The number of pyridine rings is 2. The zero-order valence-electron chi connectivity index (χ0n) is 17.1. The fourth-order valence-electron chi connectivity index (χ4n) is 3.42. The Bertz CT molecular complexity index is 999. The molecule has 0 saturated carbocycles. The van der Waals surface area contributed by atoms with Crippen LogP contribution in [0.5, 0.6) is 0 Å². The summed E-state index contributed by atoms with van der Waals surface area (Å²) in [4.78, 5) is 21.7. The normalized spacial score (nSPS) is 10.7. The van der Waals surface area contributed by atoms with E-state index < -0.39 is 13.2 Å². The Morgan fingerprint density at radius 2 is 1.77 bits per heavy atom. The minimum absolute atomic E-state index is 0.101. The SMILES string of the molecule is CCCCc1c(B(F)F)c(-c2ccccn2)nc(-c2ccccc2)c1C(=O)OCC. The number of halogens is 2. The van der Waals surface area contributed by atoms with Crippen LogP contribution in [-0.2, 0) is 11.2 Å². The summed E-state index contributed by atoms with van der Waals surface area (Å²) in [5, 5.41) is 0. The molecule has 0 aliphatic carbocycles. The second kappa shape index (κ2) is 10.1. The third kappa shape index (κ3) is 4.56. The topological polar surface area (TPSA) is 52.1 Å².